The molecule has 3 aromatic rings. The quantitative estimate of drug-likeness (QED) is 0.675. The Labute approximate surface area is 161 Å². The number of nitrogens with zero attached hydrogens (tertiary/aromatic N) is 4. The van der Waals surface area contributed by atoms with Crippen molar-refractivity contribution in [2.75, 3.05) is 13.0 Å². The SMILES string of the molecule is CS(=O)(=O)N1N=C(c2ccc3c(c2)OCO3)C[C@@H]1c1cccc2nccnc12. The topological polar surface area (TPSA) is 94.0 Å². The van der Waals surface area contributed by atoms with Crippen LogP contribution in [0.3, 0.4) is 0 Å². The van der Waals surface area contributed by atoms with Crippen molar-refractivity contribution in [2.45, 2.75) is 12.5 Å². The number of ether oxygens (including phenoxy) is 2. The molecule has 1 atom stereocenters. The minimum Gasteiger partial charge on any atom is -0.454 e. The van der Waals surface area contributed by atoms with Crippen LogP contribution in [0.1, 0.15) is 23.6 Å². The fourth-order valence-corrected chi connectivity index (χ4v) is 4.46. The number of hydrogen-bond donors (Lipinski definition) is 0. The van der Waals surface area contributed by atoms with Gasteiger partial charge in [0.15, 0.2) is 11.5 Å². The molecule has 0 N–H and O–H groups in total. The van der Waals surface area contributed by atoms with Gasteiger partial charge < -0.3 is 9.47 Å². The Kier molecular flexibility index (Phi) is 3.73. The standard InChI is InChI=1S/C19H16N4O4S/c1-28(24,25)23-16(13-3-2-4-14-19(13)21-8-7-20-14)10-15(22-23)12-5-6-17-18(9-12)27-11-26-17/h2-9,16H,10-11H2,1H3/t16-/m1/s1. The average Bonchev–Trinajstić information content (AvgIpc) is 3.33. The Balaban J connectivity index is 1.60. The van der Waals surface area contributed by atoms with Crippen molar-refractivity contribution in [3.8, 4) is 11.5 Å². The minimum absolute atomic E-state index is 0.179. The van der Waals surface area contributed by atoms with Gasteiger partial charge >= 0.3 is 0 Å². The second kappa shape index (κ2) is 6.16. The Hall–Kier alpha value is -3.20. The number of sulfonamides is 1. The molecule has 9 heteroatoms. The van der Waals surface area contributed by atoms with Crippen molar-refractivity contribution in [3.05, 3.63) is 59.9 Å². The first-order valence-corrected chi connectivity index (χ1v) is 10.5. The minimum atomic E-state index is -3.58. The molecule has 28 heavy (non-hydrogen) atoms. The molecule has 2 aromatic carbocycles. The highest BCUT2D eigenvalue weighted by atomic mass is 32.2. The molecule has 1 aromatic heterocycles. The Morgan fingerprint density at radius 2 is 1.89 bits per heavy atom. The molecule has 0 amide bonds. The van der Waals surface area contributed by atoms with Crippen LogP contribution in [0.2, 0.25) is 0 Å². The van der Waals surface area contributed by atoms with Gasteiger partial charge in [0.1, 0.15) is 0 Å². The summed E-state index contributed by atoms with van der Waals surface area (Å²) in [6.07, 6.45) is 4.79. The second-order valence-corrected chi connectivity index (χ2v) is 8.48. The van der Waals surface area contributed by atoms with Crippen LogP contribution in [0.5, 0.6) is 11.5 Å². The summed E-state index contributed by atoms with van der Waals surface area (Å²) in [6.45, 7) is 0.179. The van der Waals surface area contributed by atoms with E-state index in [1.165, 1.54) is 0 Å². The molecule has 0 spiro atoms. The second-order valence-electron chi connectivity index (χ2n) is 6.64. The largest absolute Gasteiger partial charge is 0.454 e. The van der Waals surface area contributed by atoms with Crippen LogP contribution >= 0.6 is 0 Å². The maximum absolute atomic E-state index is 12.5. The lowest BCUT2D eigenvalue weighted by atomic mass is 9.98. The van der Waals surface area contributed by atoms with Gasteiger partial charge in [-0.2, -0.15) is 9.52 Å². The number of rotatable bonds is 3. The highest BCUT2D eigenvalue weighted by Gasteiger charge is 2.36. The Bertz CT molecular complexity index is 1220. The predicted octanol–water partition coefficient (Wildman–Crippen LogP) is 2.47. The zero-order valence-electron chi connectivity index (χ0n) is 14.9. The van der Waals surface area contributed by atoms with Crippen molar-refractivity contribution in [3.63, 3.8) is 0 Å². The van der Waals surface area contributed by atoms with Crippen molar-refractivity contribution >= 4 is 26.8 Å². The number of aromatic nitrogens is 2. The van der Waals surface area contributed by atoms with E-state index in [9.17, 15) is 8.42 Å². The summed E-state index contributed by atoms with van der Waals surface area (Å²) in [5, 5.41) is 4.44. The monoisotopic (exact) mass is 396 g/mol. The van der Waals surface area contributed by atoms with E-state index in [0.717, 1.165) is 21.8 Å². The summed E-state index contributed by atoms with van der Waals surface area (Å²) in [5.41, 5.74) is 3.62. The summed E-state index contributed by atoms with van der Waals surface area (Å²) < 4.78 is 36.9. The van der Waals surface area contributed by atoms with E-state index in [1.54, 1.807) is 12.4 Å². The smallest absolute Gasteiger partial charge is 0.247 e. The third-order valence-electron chi connectivity index (χ3n) is 4.81. The average molecular weight is 396 g/mol. The van der Waals surface area contributed by atoms with Crippen LogP contribution < -0.4 is 9.47 Å². The molecule has 0 unspecified atom stereocenters. The van der Waals surface area contributed by atoms with Gasteiger partial charge in [-0.25, -0.2) is 8.42 Å². The lowest BCUT2D eigenvalue weighted by molar-refractivity contribution is 0.174. The van der Waals surface area contributed by atoms with Gasteiger partial charge in [0.2, 0.25) is 16.8 Å². The molecule has 0 saturated carbocycles. The van der Waals surface area contributed by atoms with Crippen LogP contribution in [0, 0.1) is 0 Å². The van der Waals surface area contributed by atoms with Crippen LogP contribution in [0.25, 0.3) is 11.0 Å². The van der Waals surface area contributed by atoms with Crippen LogP contribution in [0.15, 0.2) is 53.9 Å². The summed E-state index contributed by atoms with van der Waals surface area (Å²) >= 11 is 0. The van der Waals surface area contributed by atoms with Crippen LogP contribution in [0.4, 0.5) is 0 Å². The van der Waals surface area contributed by atoms with Gasteiger partial charge in [-0.3, -0.25) is 9.97 Å². The lowest BCUT2D eigenvalue weighted by Gasteiger charge is -2.22. The van der Waals surface area contributed by atoms with E-state index in [4.69, 9.17) is 9.47 Å². The van der Waals surface area contributed by atoms with Gasteiger partial charge in [0.05, 0.1) is 29.0 Å². The van der Waals surface area contributed by atoms with Gasteiger partial charge in [0.25, 0.3) is 0 Å². The van der Waals surface area contributed by atoms with Crippen molar-refractivity contribution < 1.29 is 17.9 Å². The number of hydrazone groups is 1. The third-order valence-corrected chi connectivity index (χ3v) is 5.82. The molecule has 3 heterocycles. The molecular formula is C19H16N4O4S. The summed E-state index contributed by atoms with van der Waals surface area (Å²) in [7, 11) is -3.58. The molecule has 142 valence electrons. The van der Waals surface area contributed by atoms with E-state index in [1.807, 2.05) is 36.4 Å². The van der Waals surface area contributed by atoms with Crippen molar-refractivity contribution in [2.24, 2.45) is 5.10 Å². The predicted molar refractivity (Wildman–Crippen MR) is 103 cm³/mol. The van der Waals surface area contributed by atoms with E-state index < -0.39 is 16.1 Å². The maximum Gasteiger partial charge on any atom is 0.247 e. The molecule has 2 aliphatic rings. The molecule has 0 fully saturated rings. The van der Waals surface area contributed by atoms with Gasteiger partial charge in [-0.15, -0.1) is 0 Å². The Morgan fingerprint density at radius 1 is 1.07 bits per heavy atom. The first-order chi connectivity index (χ1) is 13.5. The number of benzene rings is 2. The number of para-hydroxylation sites is 1. The van der Waals surface area contributed by atoms with Gasteiger partial charge in [0, 0.05) is 29.9 Å². The van der Waals surface area contributed by atoms with Crippen LogP contribution in [-0.2, 0) is 10.0 Å². The Morgan fingerprint density at radius 3 is 2.75 bits per heavy atom. The third kappa shape index (κ3) is 2.75. The fourth-order valence-electron chi connectivity index (χ4n) is 3.56. The zero-order chi connectivity index (χ0) is 19.3. The highest BCUT2D eigenvalue weighted by Crippen LogP contribution is 2.39. The highest BCUT2D eigenvalue weighted by molar-refractivity contribution is 7.88. The number of fused-ring (bicyclic) bond motifs is 2. The molecule has 8 nitrogen and oxygen atoms in total. The fraction of sp³-hybridized carbons (Fsp3) is 0.211. The van der Waals surface area contributed by atoms with Gasteiger partial charge in [-0.05, 0) is 24.3 Å². The normalized spacial score (nSPS) is 18.5. The van der Waals surface area contributed by atoms with E-state index in [-0.39, 0.29) is 6.79 Å². The molecule has 2 aliphatic heterocycles. The molecule has 0 saturated heterocycles. The van der Waals surface area contributed by atoms with Crippen molar-refractivity contribution in [1.29, 1.82) is 0 Å². The molecule has 0 aliphatic carbocycles. The van der Waals surface area contributed by atoms with E-state index >= 15 is 0 Å². The summed E-state index contributed by atoms with van der Waals surface area (Å²) in [4.78, 5) is 8.73. The van der Waals surface area contributed by atoms with Crippen molar-refractivity contribution in [1.82, 2.24) is 14.4 Å². The van der Waals surface area contributed by atoms with Gasteiger partial charge in [-0.1, -0.05) is 12.1 Å². The lowest BCUT2D eigenvalue weighted by Crippen LogP contribution is -2.26. The van der Waals surface area contributed by atoms with Crippen LogP contribution in [-0.4, -0.2) is 41.6 Å². The first kappa shape index (κ1) is 16.9. The molecule has 5 rings (SSSR count). The molecular weight excluding hydrogens is 380 g/mol. The van der Waals surface area contributed by atoms with E-state index in [0.29, 0.717) is 34.7 Å². The molecule has 0 radical (unpaired) electrons. The maximum atomic E-state index is 12.5. The molecule has 0 bridgehead atoms. The summed E-state index contributed by atoms with van der Waals surface area (Å²) in [6, 6.07) is 10.6. The zero-order valence-corrected chi connectivity index (χ0v) is 15.8. The first-order valence-electron chi connectivity index (χ1n) is 8.67. The number of hydrogen-bond acceptors (Lipinski definition) is 7. The summed E-state index contributed by atoms with van der Waals surface area (Å²) in [5.74, 6) is 1.30. The van der Waals surface area contributed by atoms with E-state index in [2.05, 4.69) is 15.1 Å².